The van der Waals surface area contributed by atoms with Crippen molar-refractivity contribution in [3.05, 3.63) is 54.0 Å². The molecule has 5 heteroatoms. The number of nitrogens with zero attached hydrogens (tertiary/aromatic N) is 1. The molecule has 2 heterocycles. The Morgan fingerprint density at radius 3 is 2.91 bits per heavy atom. The first-order valence-corrected chi connectivity index (χ1v) is 8.55. The van der Waals surface area contributed by atoms with Gasteiger partial charge < -0.3 is 14.6 Å². The van der Waals surface area contributed by atoms with Crippen LogP contribution in [0.5, 0.6) is 0 Å². The second kappa shape index (κ2) is 6.92. The molecule has 1 aromatic carbocycles. The first-order chi connectivity index (χ1) is 10.7. The van der Waals surface area contributed by atoms with E-state index in [0.717, 1.165) is 42.3 Å². The van der Waals surface area contributed by atoms with E-state index in [1.54, 1.807) is 6.26 Å². The van der Waals surface area contributed by atoms with E-state index >= 15 is 0 Å². The summed E-state index contributed by atoms with van der Waals surface area (Å²) in [4.78, 5) is 14.3. The number of para-hydroxylation sites is 1. The highest BCUT2D eigenvalue weighted by molar-refractivity contribution is 7.99. The highest BCUT2D eigenvalue weighted by Gasteiger charge is 2.23. The molecular formula is C17H20N2O2S. The molecule has 1 aromatic heterocycles. The number of thioether (sulfide) groups is 1. The van der Waals surface area contributed by atoms with Crippen molar-refractivity contribution < 1.29 is 9.21 Å². The van der Waals surface area contributed by atoms with Crippen LogP contribution in [0.4, 0.5) is 10.5 Å². The van der Waals surface area contributed by atoms with E-state index in [1.807, 2.05) is 60.0 Å². The zero-order valence-corrected chi connectivity index (χ0v) is 13.4. The van der Waals surface area contributed by atoms with E-state index in [-0.39, 0.29) is 6.03 Å². The van der Waals surface area contributed by atoms with E-state index in [0.29, 0.717) is 5.25 Å². The van der Waals surface area contributed by atoms with Gasteiger partial charge in [0.2, 0.25) is 0 Å². The molecule has 1 fully saturated rings. The summed E-state index contributed by atoms with van der Waals surface area (Å²) in [5.41, 5.74) is 1.96. The molecule has 1 N–H and O–H groups in total. The summed E-state index contributed by atoms with van der Waals surface area (Å²) in [5, 5.41) is 3.35. The van der Waals surface area contributed by atoms with Crippen molar-refractivity contribution in [1.29, 1.82) is 0 Å². The van der Waals surface area contributed by atoms with Crippen LogP contribution in [0, 0.1) is 6.92 Å². The van der Waals surface area contributed by atoms with Crippen molar-refractivity contribution in [3.63, 3.8) is 0 Å². The molecule has 0 aliphatic carbocycles. The molecular weight excluding hydrogens is 296 g/mol. The first-order valence-electron chi connectivity index (χ1n) is 7.50. The third-order valence-corrected chi connectivity index (χ3v) is 5.16. The van der Waals surface area contributed by atoms with Crippen LogP contribution in [0.3, 0.4) is 0 Å². The minimum absolute atomic E-state index is 0.0185. The third kappa shape index (κ3) is 3.47. The van der Waals surface area contributed by atoms with Gasteiger partial charge in [0.25, 0.3) is 0 Å². The summed E-state index contributed by atoms with van der Waals surface area (Å²) in [6.45, 7) is 3.51. The summed E-state index contributed by atoms with van der Waals surface area (Å²) >= 11 is 1.86. The third-order valence-electron chi connectivity index (χ3n) is 3.88. The molecule has 1 aliphatic heterocycles. The Labute approximate surface area is 134 Å². The van der Waals surface area contributed by atoms with Crippen LogP contribution >= 0.6 is 11.8 Å². The standard InChI is InChI=1S/C17H20N2O2S/c1-13-5-2-3-6-14(13)18-17(20)19-9-8-16(22-12-10-19)15-7-4-11-21-15/h2-7,11,16H,8-10,12H2,1H3,(H,18,20). The summed E-state index contributed by atoms with van der Waals surface area (Å²) in [5.74, 6) is 1.93. The topological polar surface area (TPSA) is 45.5 Å². The first kappa shape index (κ1) is 15.0. The summed E-state index contributed by atoms with van der Waals surface area (Å²) in [7, 11) is 0. The fourth-order valence-corrected chi connectivity index (χ4v) is 3.76. The van der Waals surface area contributed by atoms with E-state index in [9.17, 15) is 4.79 Å². The SMILES string of the molecule is Cc1ccccc1NC(=O)N1CCSC(c2ccco2)CC1. The second-order valence-corrected chi connectivity index (χ2v) is 6.71. The van der Waals surface area contributed by atoms with Crippen molar-refractivity contribution in [2.45, 2.75) is 18.6 Å². The quantitative estimate of drug-likeness (QED) is 0.898. The molecule has 1 aliphatic rings. The summed E-state index contributed by atoms with van der Waals surface area (Å²) in [6, 6.07) is 11.8. The van der Waals surface area contributed by atoms with Gasteiger partial charge in [-0.25, -0.2) is 4.79 Å². The van der Waals surface area contributed by atoms with Gasteiger partial charge in [-0.05, 0) is 37.1 Å². The van der Waals surface area contributed by atoms with Gasteiger partial charge in [0.15, 0.2) is 0 Å². The van der Waals surface area contributed by atoms with Crippen molar-refractivity contribution in [2.24, 2.45) is 0 Å². The van der Waals surface area contributed by atoms with Gasteiger partial charge in [-0.1, -0.05) is 18.2 Å². The lowest BCUT2D eigenvalue weighted by Gasteiger charge is -2.21. The number of carbonyl (C=O) groups is 1. The Kier molecular flexibility index (Phi) is 4.73. The van der Waals surface area contributed by atoms with Gasteiger partial charge in [-0.2, -0.15) is 0 Å². The molecule has 0 saturated carbocycles. The van der Waals surface area contributed by atoms with Gasteiger partial charge in [0, 0.05) is 24.5 Å². The maximum absolute atomic E-state index is 12.4. The number of furan rings is 1. The predicted octanol–water partition coefficient (Wildman–Crippen LogP) is 4.30. The average molecular weight is 316 g/mol. The number of nitrogens with one attached hydrogen (secondary N) is 1. The van der Waals surface area contributed by atoms with E-state index in [1.165, 1.54) is 0 Å². The smallest absolute Gasteiger partial charge is 0.321 e. The van der Waals surface area contributed by atoms with Crippen LogP contribution in [0.15, 0.2) is 47.1 Å². The Morgan fingerprint density at radius 2 is 2.14 bits per heavy atom. The fourth-order valence-electron chi connectivity index (χ4n) is 2.58. The van der Waals surface area contributed by atoms with Crippen molar-refractivity contribution >= 4 is 23.5 Å². The van der Waals surface area contributed by atoms with Gasteiger partial charge in [0.1, 0.15) is 5.76 Å². The molecule has 1 atom stereocenters. The van der Waals surface area contributed by atoms with E-state index < -0.39 is 0 Å². The van der Waals surface area contributed by atoms with Crippen molar-refractivity contribution in [3.8, 4) is 0 Å². The molecule has 4 nitrogen and oxygen atoms in total. The Balaban J connectivity index is 1.61. The molecule has 1 unspecified atom stereocenters. The van der Waals surface area contributed by atoms with Crippen LogP contribution in [0.1, 0.15) is 23.0 Å². The zero-order valence-electron chi connectivity index (χ0n) is 12.6. The normalized spacial score (nSPS) is 18.8. The molecule has 2 aromatic rings. The lowest BCUT2D eigenvalue weighted by molar-refractivity contribution is 0.214. The number of rotatable bonds is 2. The van der Waals surface area contributed by atoms with Crippen LogP contribution in [0.2, 0.25) is 0 Å². The van der Waals surface area contributed by atoms with E-state index in [4.69, 9.17) is 4.42 Å². The predicted molar refractivity (Wildman–Crippen MR) is 90.3 cm³/mol. The van der Waals surface area contributed by atoms with Crippen LogP contribution in [-0.2, 0) is 0 Å². The van der Waals surface area contributed by atoms with Crippen LogP contribution in [-0.4, -0.2) is 29.8 Å². The van der Waals surface area contributed by atoms with Crippen LogP contribution in [0.25, 0.3) is 0 Å². The minimum Gasteiger partial charge on any atom is -0.468 e. The number of anilines is 1. The monoisotopic (exact) mass is 316 g/mol. The number of aryl methyl sites for hydroxylation is 1. The molecule has 0 spiro atoms. The van der Waals surface area contributed by atoms with Gasteiger partial charge in [-0.3, -0.25) is 0 Å². The number of urea groups is 1. The highest BCUT2D eigenvalue weighted by atomic mass is 32.2. The zero-order chi connectivity index (χ0) is 15.4. The molecule has 2 amide bonds. The number of amides is 2. The average Bonchev–Trinajstić information content (AvgIpc) is 2.94. The number of benzene rings is 1. The summed E-state index contributed by atoms with van der Waals surface area (Å²) in [6.07, 6.45) is 2.63. The Bertz CT molecular complexity index is 627. The summed E-state index contributed by atoms with van der Waals surface area (Å²) < 4.78 is 5.50. The largest absolute Gasteiger partial charge is 0.468 e. The van der Waals surface area contributed by atoms with Crippen molar-refractivity contribution in [2.75, 3.05) is 24.2 Å². The molecule has 3 rings (SSSR count). The lowest BCUT2D eigenvalue weighted by atomic mass is 10.2. The maximum atomic E-state index is 12.4. The molecule has 0 radical (unpaired) electrons. The fraction of sp³-hybridized carbons (Fsp3) is 0.353. The van der Waals surface area contributed by atoms with Crippen molar-refractivity contribution in [1.82, 2.24) is 4.90 Å². The van der Waals surface area contributed by atoms with Crippen LogP contribution < -0.4 is 5.32 Å². The highest BCUT2D eigenvalue weighted by Crippen LogP contribution is 2.34. The maximum Gasteiger partial charge on any atom is 0.321 e. The van der Waals surface area contributed by atoms with Gasteiger partial charge >= 0.3 is 6.03 Å². The number of hydrogen-bond acceptors (Lipinski definition) is 3. The number of carbonyl (C=O) groups excluding carboxylic acids is 1. The molecule has 0 bridgehead atoms. The molecule has 22 heavy (non-hydrogen) atoms. The minimum atomic E-state index is -0.0185. The van der Waals surface area contributed by atoms with Gasteiger partial charge in [-0.15, -0.1) is 11.8 Å². The van der Waals surface area contributed by atoms with Gasteiger partial charge in [0.05, 0.1) is 11.5 Å². The lowest BCUT2D eigenvalue weighted by Crippen LogP contribution is -2.36. The van der Waals surface area contributed by atoms with E-state index in [2.05, 4.69) is 5.32 Å². The Hall–Kier alpha value is -1.88. The second-order valence-electron chi connectivity index (χ2n) is 5.40. The molecule has 116 valence electrons. The Morgan fingerprint density at radius 1 is 1.27 bits per heavy atom. The molecule has 1 saturated heterocycles. The number of hydrogen-bond donors (Lipinski definition) is 1.